The molecular formula is C61H43NO. The Kier molecular flexibility index (Phi) is 8.55. The predicted octanol–water partition coefficient (Wildman–Crippen LogP) is 17.2. The summed E-state index contributed by atoms with van der Waals surface area (Å²) < 4.78 is 7.05. The molecule has 63 heavy (non-hydrogen) atoms. The molecular weight excluding hydrogens is 763 g/mol. The van der Waals surface area contributed by atoms with Gasteiger partial charge in [0, 0.05) is 44.2 Å². The quantitative estimate of drug-likeness (QED) is 0.160. The smallest absolute Gasteiger partial charge is 0.143 e. The molecule has 0 radical (unpaired) electrons. The lowest BCUT2D eigenvalue weighted by Gasteiger charge is -2.28. The van der Waals surface area contributed by atoms with E-state index < -0.39 is 0 Å². The molecule has 1 heterocycles. The molecule has 1 aliphatic rings. The first-order valence-corrected chi connectivity index (χ1v) is 21.8. The second-order valence-electron chi connectivity index (χ2n) is 17.2. The van der Waals surface area contributed by atoms with E-state index in [1.54, 1.807) is 0 Å². The SMILES string of the molecule is CC1(C)c2ccccc2-c2ccc(N(c3ccc(-c4ccccc4)cc3)c3ccc(-c4cc5c6ccc(-c7ccccc7)c(-c7ccccc7)c6oc5c5ccccc45)cc3)cc21. The highest BCUT2D eigenvalue weighted by Gasteiger charge is 2.35. The fourth-order valence-electron chi connectivity index (χ4n) is 10.2. The molecule has 0 saturated heterocycles. The topological polar surface area (TPSA) is 16.4 Å². The average Bonchev–Trinajstić information content (AvgIpc) is 3.84. The third-order valence-corrected chi connectivity index (χ3v) is 13.3. The number of furan rings is 1. The van der Waals surface area contributed by atoms with Gasteiger partial charge >= 0.3 is 0 Å². The Balaban J connectivity index is 1.01. The van der Waals surface area contributed by atoms with E-state index >= 15 is 0 Å². The van der Waals surface area contributed by atoms with E-state index in [1.807, 2.05) is 0 Å². The van der Waals surface area contributed by atoms with Crippen molar-refractivity contribution in [3.05, 3.63) is 236 Å². The van der Waals surface area contributed by atoms with Gasteiger partial charge in [-0.15, -0.1) is 0 Å². The first-order chi connectivity index (χ1) is 31.0. The maximum atomic E-state index is 7.05. The number of hydrogen-bond acceptors (Lipinski definition) is 2. The van der Waals surface area contributed by atoms with Crippen LogP contribution in [0.1, 0.15) is 25.0 Å². The van der Waals surface area contributed by atoms with Crippen molar-refractivity contribution in [2.24, 2.45) is 0 Å². The Bertz CT molecular complexity index is 3490. The summed E-state index contributed by atoms with van der Waals surface area (Å²) >= 11 is 0. The molecule has 0 N–H and O–H groups in total. The van der Waals surface area contributed by atoms with Crippen LogP contribution in [-0.2, 0) is 5.41 Å². The Labute approximate surface area is 368 Å². The summed E-state index contributed by atoms with van der Waals surface area (Å²) in [5.74, 6) is 0. The third-order valence-electron chi connectivity index (χ3n) is 13.3. The van der Waals surface area contributed by atoms with Crippen LogP contribution in [0.15, 0.2) is 229 Å². The van der Waals surface area contributed by atoms with E-state index in [0.717, 1.165) is 72.0 Å². The average molecular weight is 806 g/mol. The van der Waals surface area contributed by atoms with Crippen molar-refractivity contribution in [2.75, 3.05) is 4.90 Å². The largest absolute Gasteiger partial charge is 0.455 e. The Morgan fingerprint density at radius 2 is 0.810 bits per heavy atom. The third kappa shape index (κ3) is 6.02. The van der Waals surface area contributed by atoms with E-state index in [1.165, 1.54) is 44.5 Å². The highest BCUT2D eigenvalue weighted by Crippen LogP contribution is 2.51. The van der Waals surface area contributed by atoms with Crippen LogP contribution in [0.5, 0.6) is 0 Å². The van der Waals surface area contributed by atoms with Crippen LogP contribution in [0, 0.1) is 0 Å². The zero-order valence-electron chi connectivity index (χ0n) is 35.2. The van der Waals surface area contributed by atoms with Crippen LogP contribution in [0.4, 0.5) is 17.1 Å². The molecule has 0 atom stereocenters. The summed E-state index contributed by atoms with van der Waals surface area (Å²) in [6.07, 6.45) is 0. The molecule has 1 aliphatic carbocycles. The van der Waals surface area contributed by atoms with E-state index in [2.05, 4.69) is 243 Å². The lowest BCUT2D eigenvalue weighted by Crippen LogP contribution is -2.16. The Hall–Kier alpha value is -7.94. The number of anilines is 3. The van der Waals surface area contributed by atoms with Gasteiger partial charge < -0.3 is 9.32 Å². The summed E-state index contributed by atoms with van der Waals surface area (Å²) in [5.41, 5.74) is 19.7. The molecule has 10 aromatic carbocycles. The van der Waals surface area contributed by atoms with E-state index in [0.29, 0.717) is 0 Å². The van der Waals surface area contributed by atoms with Crippen molar-refractivity contribution in [3.63, 3.8) is 0 Å². The van der Waals surface area contributed by atoms with E-state index in [-0.39, 0.29) is 5.41 Å². The molecule has 2 nitrogen and oxygen atoms in total. The highest BCUT2D eigenvalue weighted by atomic mass is 16.3. The standard InChI is InChI=1S/C61H43NO/c1-61(2)56-25-15-14-23-50(56)51-35-34-47(38-57(51)61)62(45-30-26-41(27-31-45)40-16-6-3-7-17-40)46-32-28-43(29-33-46)54-39-55-53-37-36-48(42-18-8-4-9-19-42)58(44-20-10-5-11-21-44)60(53)63-59(55)52-24-13-12-22-49(52)54/h3-39H,1-2H3. The van der Waals surface area contributed by atoms with Gasteiger partial charge in [0.05, 0.1) is 0 Å². The zero-order chi connectivity index (χ0) is 42.1. The van der Waals surface area contributed by atoms with Crippen molar-refractivity contribution < 1.29 is 4.42 Å². The molecule has 0 unspecified atom stereocenters. The summed E-state index contributed by atoms with van der Waals surface area (Å²) in [6, 6.07) is 81.4. The zero-order valence-corrected chi connectivity index (χ0v) is 35.2. The molecule has 12 rings (SSSR count). The summed E-state index contributed by atoms with van der Waals surface area (Å²) in [7, 11) is 0. The Morgan fingerprint density at radius 1 is 0.317 bits per heavy atom. The van der Waals surface area contributed by atoms with Crippen LogP contribution < -0.4 is 4.90 Å². The minimum atomic E-state index is -0.115. The second-order valence-corrected chi connectivity index (χ2v) is 17.2. The van der Waals surface area contributed by atoms with Gasteiger partial charge in [-0.25, -0.2) is 0 Å². The van der Waals surface area contributed by atoms with Gasteiger partial charge in [0.2, 0.25) is 0 Å². The van der Waals surface area contributed by atoms with Crippen LogP contribution >= 0.6 is 0 Å². The number of benzene rings is 10. The lowest BCUT2D eigenvalue weighted by molar-refractivity contribution is 0.660. The fraction of sp³-hybridized carbons (Fsp3) is 0.0492. The summed E-state index contributed by atoms with van der Waals surface area (Å²) in [6.45, 7) is 4.70. The van der Waals surface area contributed by atoms with E-state index in [9.17, 15) is 0 Å². The second kappa shape index (κ2) is 14.6. The fourth-order valence-corrected chi connectivity index (χ4v) is 10.2. The van der Waals surface area contributed by atoms with Crippen LogP contribution in [0.2, 0.25) is 0 Å². The van der Waals surface area contributed by atoms with Gasteiger partial charge in [-0.3, -0.25) is 0 Å². The molecule has 11 aromatic rings. The molecule has 2 heteroatoms. The molecule has 1 aromatic heterocycles. The summed E-state index contributed by atoms with van der Waals surface area (Å²) in [4.78, 5) is 2.40. The number of nitrogens with zero attached hydrogens (tertiary/aromatic N) is 1. The molecule has 0 bridgehead atoms. The maximum absolute atomic E-state index is 7.05. The van der Waals surface area contributed by atoms with Crippen LogP contribution in [-0.4, -0.2) is 0 Å². The minimum absolute atomic E-state index is 0.115. The minimum Gasteiger partial charge on any atom is -0.455 e. The molecule has 0 saturated carbocycles. The molecule has 0 aliphatic heterocycles. The first-order valence-electron chi connectivity index (χ1n) is 21.8. The van der Waals surface area contributed by atoms with Gasteiger partial charge in [0.25, 0.3) is 0 Å². The van der Waals surface area contributed by atoms with Crippen molar-refractivity contribution in [1.82, 2.24) is 0 Å². The number of fused-ring (bicyclic) bond motifs is 8. The van der Waals surface area contributed by atoms with E-state index in [4.69, 9.17) is 4.42 Å². The van der Waals surface area contributed by atoms with Gasteiger partial charge in [0.1, 0.15) is 11.2 Å². The number of rotatable bonds is 7. The van der Waals surface area contributed by atoms with Crippen molar-refractivity contribution >= 4 is 49.8 Å². The predicted molar refractivity (Wildman–Crippen MR) is 265 cm³/mol. The van der Waals surface area contributed by atoms with Crippen LogP contribution in [0.25, 0.3) is 88.3 Å². The van der Waals surface area contributed by atoms with Gasteiger partial charge in [-0.1, -0.05) is 190 Å². The molecule has 0 amide bonds. The van der Waals surface area contributed by atoms with Gasteiger partial charge in [-0.2, -0.15) is 0 Å². The molecule has 0 fully saturated rings. The monoisotopic (exact) mass is 805 g/mol. The van der Waals surface area contributed by atoms with Gasteiger partial charge in [-0.05, 0) is 115 Å². The summed E-state index contributed by atoms with van der Waals surface area (Å²) in [5, 5.41) is 4.49. The molecule has 0 spiro atoms. The number of hydrogen-bond donors (Lipinski definition) is 0. The van der Waals surface area contributed by atoms with Crippen molar-refractivity contribution in [1.29, 1.82) is 0 Å². The highest BCUT2D eigenvalue weighted by molar-refractivity contribution is 6.21. The van der Waals surface area contributed by atoms with Crippen molar-refractivity contribution in [3.8, 4) is 55.6 Å². The lowest BCUT2D eigenvalue weighted by atomic mass is 9.82. The van der Waals surface area contributed by atoms with Crippen molar-refractivity contribution in [2.45, 2.75) is 19.3 Å². The molecule has 298 valence electrons. The first kappa shape index (κ1) is 36.9. The van der Waals surface area contributed by atoms with Crippen LogP contribution in [0.3, 0.4) is 0 Å². The Morgan fingerprint density at radius 3 is 1.51 bits per heavy atom. The van der Waals surface area contributed by atoms with Gasteiger partial charge in [0.15, 0.2) is 0 Å². The maximum Gasteiger partial charge on any atom is 0.143 e. The normalized spacial score (nSPS) is 12.7.